The van der Waals surface area contributed by atoms with Crippen LogP contribution in [0.15, 0.2) is 208 Å². The lowest BCUT2D eigenvalue weighted by molar-refractivity contribution is 0.287. The van der Waals surface area contributed by atoms with Gasteiger partial charge < -0.3 is 23.3 Å². The number of phenols is 2. The second-order valence-corrected chi connectivity index (χ2v) is 38.2. The molecule has 29 heteroatoms. The average molecular weight is 1610 g/mol. The third-order valence-electron chi connectivity index (χ3n) is 21.0. The number of sulfone groups is 4. The van der Waals surface area contributed by atoms with Gasteiger partial charge in [-0.05, 0) is 126 Å². The van der Waals surface area contributed by atoms with Gasteiger partial charge in [0.05, 0.1) is 73.9 Å². The molecule has 4 aliphatic rings. The minimum Gasteiger partial charge on any atom is -0.508 e. The number of fused-ring (bicyclic) bond motifs is 4. The van der Waals surface area contributed by atoms with E-state index in [4.69, 9.17) is 13.8 Å². The third-order valence-corrected chi connectivity index (χ3v) is 29.7. The number of nitrogens with one attached hydrogen (secondary N) is 4. The highest BCUT2D eigenvalue weighted by molar-refractivity contribution is 7.92. The molecule has 0 aromatic heterocycles. The number of benzene rings is 8. The van der Waals surface area contributed by atoms with Crippen molar-refractivity contribution in [1.82, 2.24) is 21.3 Å². The van der Waals surface area contributed by atoms with E-state index >= 15 is 0 Å². The second-order valence-electron chi connectivity index (χ2n) is 28.3. The number of rotatable bonds is 20. The van der Waals surface area contributed by atoms with E-state index in [2.05, 4.69) is 43.5 Å². The molecule has 109 heavy (non-hydrogen) atoms. The molecule has 0 aliphatic carbocycles. The molecule has 23 nitrogen and oxygen atoms in total. The fourth-order valence-electron chi connectivity index (χ4n) is 15.4. The molecule has 590 valence electrons. The largest absolute Gasteiger partial charge is 0.508 e. The maximum Gasteiger partial charge on any atom is 0.446 e. The molecular weight excluding hydrogens is 1510 g/mol. The molecule has 5 atom stereocenters. The van der Waals surface area contributed by atoms with Gasteiger partial charge in [-0.15, -0.1) is 0 Å². The smallest absolute Gasteiger partial charge is 0.446 e. The van der Waals surface area contributed by atoms with Crippen LogP contribution >= 0.6 is 0 Å². The van der Waals surface area contributed by atoms with Gasteiger partial charge in [0.2, 0.25) is 0 Å². The summed E-state index contributed by atoms with van der Waals surface area (Å²) in [5.74, 6) is -0.606. The molecule has 0 bridgehead atoms. The summed E-state index contributed by atoms with van der Waals surface area (Å²) in [7, 11) is -22.7. The Morgan fingerprint density at radius 2 is 0.651 bits per heavy atom. The van der Waals surface area contributed by atoms with E-state index in [0.717, 1.165) is 60.4 Å². The summed E-state index contributed by atoms with van der Waals surface area (Å²) >= 11 is 0. The molecule has 0 saturated carbocycles. The number of ether oxygens (including phenoxy) is 1. The molecule has 0 fully saturated rings. The summed E-state index contributed by atoms with van der Waals surface area (Å²) in [5.41, 5.74) is 3.88. The van der Waals surface area contributed by atoms with Crippen molar-refractivity contribution in [2.45, 2.75) is 192 Å². The van der Waals surface area contributed by atoms with E-state index in [1.165, 1.54) is 49.6 Å². The Hall–Kier alpha value is -7.78. The van der Waals surface area contributed by atoms with Gasteiger partial charge in [0, 0.05) is 40.4 Å². The van der Waals surface area contributed by atoms with E-state index < -0.39 is 94.4 Å². The number of hydrogen-bond acceptors (Lipinski definition) is 21. The first kappa shape index (κ1) is 85.2. The van der Waals surface area contributed by atoms with Gasteiger partial charge in [0.1, 0.15) is 17.2 Å². The van der Waals surface area contributed by atoms with Crippen LogP contribution in [0.4, 0.5) is 0 Å². The summed E-state index contributed by atoms with van der Waals surface area (Å²) in [4.78, 5) is 0.416. The highest BCUT2D eigenvalue weighted by Gasteiger charge is 2.47. The molecule has 4 heterocycles. The van der Waals surface area contributed by atoms with Gasteiger partial charge in [0.25, 0.3) is 0 Å². The Balaban J connectivity index is 0.000000168. The van der Waals surface area contributed by atoms with E-state index in [9.17, 15) is 60.7 Å². The van der Waals surface area contributed by atoms with Crippen molar-refractivity contribution in [3.05, 3.63) is 233 Å². The Labute approximate surface area is 643 Å². The second kappa shape index (κ2) is 34.9. The normalized spacial score (nSPS) is 21.6. The lowest BCUT2D eigenvalue weighted by atomic mass is 9.87. The Bertz CT molecular complexity index is 5190. The zero-order valence-electron chi connectivity index (χ0n) is 62.7. The monoisotopic (exact) mass is 1610 g/mol. The molecule has 8 N–H and O–H groups in total. The van der Waals surface area contributed by atoms with Gasteiger partial charge in [-0.1, -0.05) is 214 Å². The van der Waals surface area contributed by atoms with Crippen molar-refractivity contribution in [3.63, 3.8) is 0 Å². The first-order valence-electron chi connectivity index (χ1n) is 36.5. The van der Waals surface area contributed by atoms with Crippen LogP contribution in [0.1, 0.15) is 195 Å². The number of methoxy groups -OCH3 is 1. The maximum atomic E-state index is 13.3. The average Bonchev–Trinajstić information content (AvgIpc) is 1.65. The van der Waals surface area contributed by atoms with Crippen LogP contribution in [0.3, 0.4) is 0 Å². The van der Waals surface area contributed by atoms with E-state index in [-0.39, 0.29) is 83.4 Å². The molecular formula is C80H100N4O19S6. The Kier molecular flexibility index (Phi) is 27.3. The maximum absolute atomic E-state index is 13.3. The van der Waals surface area contributed by atoms with Crippen molar-refractivity contribution in [2.75, 3.05) is 30.1 Å². The minimum absolute atomic E-state index is 0.00113. The van der Waals surface area contributed by atoms with Crippen molar-refractivity contribution >= 4 is 60.1 Å². The zero-order chi connectivity index (χ0) is 79.6. The summed E-state index contributed by atoms with van der Waals surface area (Å²) in [6, 6.07) is 53.1. The molecule has 0 amide bonds. The highest BCUT2D eigenvalue weighted by Crippen LogP contribution is 2.46. The van der Waals surface area contributed by atoms with Crippen molar-refractivity contribution in [1.29, 1.82) is 0 Å². The quantitative estimate of drug-likeness (QED) is 0.0329. The van der Waals surface area contributed by atoms with Crippen LogP contribution in [0.2, 0.25) is 0 Å². The van der Waals surface area contributed by atoms with Crippen LogP contribution < -0.4 is 34.4 Å². The summed E-state index contributed by atoms with van der Waals surface area (Å²) in [6.45, 7) is 16.0. The van der Waals surface area contributed by atoms with Crippen LogP contribution in [0.25, 0.3) is 0 Å². The van der Waals surface area contributed by atoms with Crippen molar-refractivity contribution < 1.29 is 82.9 Å². The zero-order valence-corrected chi connectivity index (χ0v) is 67.6. The predicted octanol–water partition coefficient (Wildman–Crippen LogP) is 13.8. The van der Waals surface area contributed by atoms with Crippen LogP contribution in [-0.4, -0.2) is 122 Å². The predicted molar refractivity (Wildman–Crippen MR) is 421 cm³/mol. The lowest BCUT2D eigenvalue weighted by Crippen LogP contribution is -2.50. The fourth-order valence-corrected chi connectivity index (χ4v) is 24.8. The number of aromatic hydroxyl groups is 2. The molecule has 8 aromatic carbocycles. The van der Waals surface area contributed by atoms with Gasteiger partial charge >= 0.3 is 20.8 Å². The Morgan fingerprint density at radius 3 is 0.982 bits per heavy atom. The summed E-state index contributed by atoms with van der Waals surface area (Å²) < 4.78 is 182. The van der Waals surface area contributed by atoms with Gasteiger partial charge in [-0.2, -0.15) is 16.8 Å². The molecule has 4 unspecified atom stereocenters. The summed E-state index contributed by atoms with van der Waals surface area (Å²) in [6.07, 6.45) is 8.09. The van der Waals surface area contributed by atoms with E-state index in [1.54, 1.807) is 18.2 Å². The topological polar surface area (TPSA) is 362 Å². The molecule has 4 aliphatic heterocycles. The van der Waals surface area contributed by atoms with Crippen LogP contribution in [-0.2, 0) is 60.1 Å². The van der Waals surface area contributed by atoms with Gasteiger partial charge in [-0.25, -0.2) is 33.7 Å². The third kappa shape index (κ3) is 20.3. The van der Waals surface area contributed by atoms with Crippen LogP contribution in [0, 0.1) is 0 Å². The van der Waals surface area contributed by atoms with Crippen molar-refractivity contribution in [3.8, 4) is 28.7 Å². The van der Waals surface area contributed by atoms with Crippen LogP contribution in [0.5, 0.6) is 28.7 Å². The minimum atomic E-state index is -4.76. The SMILES string of the molecule is CCC1(CC)CS(=O)(=O)c2cc(O)c(OC)cc2C(c2ccccc2)N1.CCC1(CC)CS(=O)(=O)c2cc(OS(=O)(=O)O)ccc2C(c2ccccc2)N1.CCCC1(CCC)CS(=O)(=O)c2cc(O)ccc2C(c2ccccc2)N1.CCC[C@]1(CC)CS(=O)(=O)c2cc(OS(=O)(=O)O)ccc2C(c2ccccc2)N1. The van der Waals surface area contributed by atoms with Gasteiger partial charge in [0.15, 0.2) is 50.8 Å². The van der Waals surface area contributed by atoms with E-state index in [0.29, 0.717) is 60.8 Å². The number of phenolic OH excluding ortho intramolecular Hbond substituents is 2. The molecule has 8 aromatic rings. The summed E-state index contributed by atoms with van der Waals surface area (Å²) in [5, 5.41) is 34.6. The highest BCUT2D eigenvalue weighted by atomic mass is 32.3. The van der Waals surface area contributed by atoms with Crippen molar-refractivity contribution in [2.24, 2.45) is 0 Å². The molecule has 0 radical (unpaired) electrons. The van der Waals surface area contributed by atoms with Gasteiger partial charge in [-0.3, -0.25) is 30.4 Å². The Morgan fingerprint density at radius 1 is 0.367 bits per heavy atom. The first-order chi connectivity index (χ1) is 51.4. The molecule has 12 rings (SSSR count). The van der Waals surface area contributed by atoms with E-state index in [1.807, 2.05) is 163 Å². The first-order valence-corrected chi connectivity index (χ1v) is 45.9. The fraction of sp³-hybridized carbons (Fsp3) is 0.400. The lowest BCUT2D eigenvalue weighted by Gasteiger charge is -2.36. The number of hydrogen-bond donors (Lipinski definition) is 8. The molecule has 0 spiro atoms. The molecule has 0 saturated heterocycles. The standard InChI is InChI=1S/C21H27NO3S.C20H25NO6S2.C20H25NO4S.C19H23NO6S2/c1-3-12-21(13-4-2)15-26(24,25)19-14-17(23)10-11-18(19)20(22-21)16-8-6-5-7-9-16;1-3-12-20(4-2)14-28(22,23)18-13-16(27-29(24,25)26)10-11-17(18)19(21-20)15-8-6-5-7-9-15;1-4-20(5-2)13-26(23,24)18-12-16(22)17(25-3)11-15(18)19(21-20)14-9-7-6-8-10-14;1-3-19(4-2)13-27(21,22)17-12-15(26-28(23,24)25)10-11-16(17)18(20-19)14-8-6-5-7-9-14/h5-11,14,20,22-23H,3-4,12-13,15H2,1-2H3;5-11,13,19,21H,3-4,12,14H2,1-2H3,(H,24,25,26);6-12,19,21-22H,4-5,13H2,1-3H3;5-12,18,20H,3-4,13H2,1-2H3,(H,23,24,25)/t;19?,20-;;/m.1../s1.